The quantitative estimate of drug-likeness (QED) is 0.130. The van der Waals surface area contributed by atoms with Gasteiger partial charge in [-0.2, -0.15) is 39.5 Å². The molecule has 0 bridgehead atoms. The predicted octanol–water partition coefficient (Wildman–Crippen LogP) is 6.99. The average molecular weight is 626 g/mol. The molecule has 0 N–H and O–H groups in total. The molecule has 0 heterocycles. The van der Waals surface area contributed by atoms with Crippen molar-refractivity contribution in [1.29, 1.82) is 0 Å². The number of hydrogen-bond donors (Lipinski definition) is 0. The fourth-order valence-electron chi connectivity index (χ4n) is 4.76. The van der Waals surface area contributed by atoms with E-state index < -0.39 is 87.3 Å². The van der Waals surface area contributed by atoms with Gasteiger partial charge in [0.05, 0.1) is 16.7 Å². The van der Waals surface area contributed by atoms with E-state index >= 15 is 17.6 Å². The van der Waals surface area contributed by atoms with Crippen LogP contribution >= 0.6 is 0 Å². The van der Waals surface area contributed by atoms with Crippen molar-refractivity contribution in [2.24, 2.45) is 0 Å². The predicted molar refractivity (Wildman–Crippen MR) is 130 cm³/mol. The largest absolute Gasteiger partial charge is 0.416 e. The molecule has 0 radical (unpaired) electrons. The van der Waals surface area contributed by atoms with Gasteiger partial charge >= 0.3 is 18.5 Å². The minimum atomic E-state index is -5.84. The molecular formula is C28H15F13Si. The van der Waals surface area contributed by atoms with Crippen LogP contribution in [0.2, 0.25) is 0 Å². The molecule has 0 atom stereocenters. The molecule has 4 rings (SSSR count). The number of alkyl halides is 9. The van der Waals surface area contributed by atoms with E-state index in [9.17, 15) is 39.5 Å². The fraction of sp³-hybridized carbons (Fsp3) is 0.143. The maximum absolute atomic E-state index is 15.7. The van der Waals surface area contributed by atoms with Crippen molar-refractivity contribution < 1.29 is 57.1 Å². The summed E-state index contributed by atoms with van der Waals surface area (Å²) < 4.78 is 187. The van der Waals surface area contributed by atoms with Gasteiger partial charge in [-0.3, -0.25) is 0 Å². The SMILES string of the molecule is Cc1ccc(F)c([Si](c2cc(C(F)(F)F)ccc2F)(c2cc(C(F)(F)F)ccc2F)c2cc(C(F)(F)F)ccc2F)c1. The van der Waals surface area contributed by atoms with Crippen LogP contribution in [0.3, 0.4) is 0 Å². The van der Waals surface area contributed by atoms with Gasteiger partial charge in [-0.1, -0.05) is 17.7 Å². The van der Waals surface area contributed by atoms with Crippen LogP contribution in [0.15, 0.2) is 72.8 Å². The molecule has 0 aliphatic carbocycles. The molecule has 0 spiro atoms. The number of hydrogen-bond acceptors (Lipinski definition) is 0. The Kier molecular flexibility index (Phi) is 7.76. The topological polar surface area (TPSA) is 0 Å². The third kappa shape index (κ3) is 5.51. The summed E-state index contributed by atoms with van der Waals surface area (Å²) in [6.07, 6.45) is -15.8. The van der Waals surface area contributed by atoms with Crippen LogP contribution in [0.1, 0.15) is 22.3 Å². The van der Waals surface area contributed by atoms with Crippen LogP contribution < -0.4 is 20.7 Å². The van der Waals surface area contributed by atoms with Crippen molar-refractivity contribution in [3.8, 4) is 0 Å². The Labute approximate surface area is 230 Å². The summed E-state index contributed by atoms with van der Waals surface area (Å²) in [4.78, 5) is 0. The summed E-state index contributed by atoms with van der Waals surface area (Å²) in [6.45, 7) is 1.27. The smallest absolute Gasteiger partial charge is 0.207 e. The van der Waals surface area contributed by atoms with Gasteiger partial charge in [0.1, 0.15) is 23.3 Å². The summed E-state index contributed by atoms with van der Waals surface area (Å²) >= 11 is 0. The van der Waals surface area contributed by atoms with Crippen molar-refractivity contribution in [3.63, 3.8) is 0 Å². The molecule has 42 heavy (non-hydrogen) atoms. The van der Waals surface area contributed by atoms with Crippen LogP contribution in [0.4, 0.5) is 57.1 Å². The van der Waals surface area contributed by atoms with Crippen LogP contribution in [-0.2, 0) is 18.5 Å². The van der Waals surface area contributed by atoms with E-state index in [0.29, 0.717) is 6.07 Å². The van der Waals surface area contributed by atoms with Gasteiger partial charge in [-0.25, -0.2) is 17.6 Å². The van der Waals surface area contributed by atoms with Crippen LogP contribution in [0.5, 0.6) is 0 Å². The first-order valence-corrected chi connectivity index (χ1v) is 13.7. The van der Waals surface area contributed by atoms with Crippen molar-refractivity contribution in [3.05, 3.63) is 118 Å². The summed E-state index contributed by atoms with van der Waals surface area (Å²) in [7, 11) is -5.84. The summed E-state index contributed by atoms with van der Waals surface area (Å²) in [6, 6.07) is 3.90. The maximum atomic E-state index is 15.7. The summed E-state index contributed by atoms with van der Waals surface area (Å²) in [5, 5.41) is -4.94. The third-order valence-electron chi connectivity index (χ3n) is 6.62. The molecule has 222 valence electrons. The minimum absolute atomic E-state index is 0.0305. The Morgan fingerprint density at radius 2 is 0.667 bits per heavy atom. The molecular weight excluding hydrogens is 611 g/mol. The molecule has 0 saturated heterocycles. The molecule has 14 heteroatoms. The molecule has 0 amide bonds. The van der Waals surface area contributed by atoms with Crippen molar-refractivity contribution in [2.75, 3.05) is 0 Å². The lowest BCUT2D eigenvalue weighted by molar-refractivity contribution is -0.138. The van der Waals surface area contributed by atoms with E-state index in [2.05, 4.69) is 0 Å². The van der Waals surface area contributed by atoms with E-state index in [-0.39, 0.29) is 60.2 Å². The van der Waals surface area contributed by atoms with Crippen molar-refractivity contribution >= 4 is 28.8 Å². The molecule has 0 aliphatic rings. The molecule has 0 saturated carbocycles. The van der Waals surface area contributed by atoms with E-state index in [4.69, 9.17) is 0 Å². The zero-order valence-electron chi connectivity index (χ0n) is 20.8. The number of aryl methyl sites for hydroxylation is 1. The first kappa shape index (κ1) is 31.1. The first-order valence-electron chi connectivity index (χ1n) is 11.7. The van der Waals surface area contributed by atoms with E-state index in [0.717, 1.165) is 12.1 Å². The fourth-order valence-corrected chi connectivity index (χ4v) is 9.83. The van der Waals surface area contributed by atoms with E-state index in [1.165, 1.54) is 6.92 Å². The lowest BCUT2D eigenvalue weighted by Crippen LogP contribution is -2.77. The molecule has 0 aromatic heterocycles. The third-order valence-corrected chi connectivity index (χ3v) is 11.4. The van der Waals surface area contributed by atoms with Crippen LogP contribution in [-0.4, -0.2) is 8.07 Å². The van der Waals surface area contributed by atoms with Gasteiger partial charge in [0.2, 0.25) is 0 Å². The summed E-state index contributed by atoms with van der Waals surface area (Å²) in [5.41, 5.74) is -4.90. The highest BCUT2D eigenvalue weighted by Gasteiger charge is 2.51. The lowest BCUT2D eigenvalue weighted by atomic mass is 10.2. The highest BCUT2D eigenvalue weighted by atomic mass is 28.3. The summed E-state index contributed by atoms with van der Waals surface area (Å²) in [5.74, 6) is -6.49. The Hall–Kier alpha value is -3.81. The second-order valence-corrected chi connectivity index (χ2v) is 13.0. The average Bonchev–Trinajstić information content (AvgIpc) is 2.87. The first-order chi connectivity index (χ1) is 19.3. The second kappa shape index (κ2) is 10.5. The zero-order valence-corrected chi connectivity index (χ0v) is 21.8. The number of halogens is 13. The van der Waals surface area contributed by atoms with Gasteiger partial charge in [0, 0.05) is 0 Å². The Bertz CT molecular complexity index is 1500. The molecule has 0 aliphatic heterocycles. The molecule has 4 aromatic carbocycles. The van der Waals surface area contributed by atoms with Gasteiger partial charge in [-0.15, -0.1) is 0 Å². The highest BCUT2D eigenvalue weighted by Crippen LogP contribution is 2.33. The monoisotopic (exact) mass is 626 g/mol. The Morgan fingerprint density at radius 1 is 0.405 bits per heavy atom. The number of rotatable bonds is 4. The van der Waals surface area contributed by atoms with Gasteiger partial charge in [0.15, 0.2) is 8.07 Å². The molecule has 0 nitrogen and oxygen atoms in total. The Balaban J connectivity index is 2.40. The minimum Gasteiger partial charge on any atom is -0.207 e. The normalized spacial score (nSPS) is 13.0. The molecule has 0 unspecified atom stereocenters. The molecule has 4 aromatic rings. The standard InChI is InChI=1S/C28H15F13Si/c1-14-2-6-18(29)22(10-14)42(23-11-15(26(33,34)35)3-7-19(23)30,24-12-16(27(36,37)38)4-8-20(24)31)25-13-17(28(39,40)41)5-9-21(25)32/h2-13H,1H3. The van der Waals surface area contributed by atoms with Crippen molar-refractivity contribution in [1.82, 2.24) is 0 Å². The van der Waals surface area contributed by atoms with Gasteiger partial charge < -0.3 is 0 Å². The van der Waals surface area contributed by atoms with Gasteiger partial charge in [-0.05, 0) is 88.3 Å². The molecule has 0 fully saturated rings. The zero-order chi connectivity index (χ0) is 31.4. The Morgan fingerprint density at radius 3 is 0.952 bits per heavy atom. The highest BCUT2D eigenvalue weighted by molar-refractivity contribution is 7.20. The van der Waals surface area contributed by atoms with Gasteiger partial charge in [0.25, 0.3) is 0 Å². The van der Waals surface area contributed by atoms with Crippen LogP contribution in [0, 0.1) is 30.2 Å². The van der Waals surface area contributed by atoms with E-state index in [1.807, 2.05) is 0 Å². The second-order valence-electron chi connectivity index (χ2n) is 9.31. The lowest BCUT2D eigenvalue weighted by Gasteiger charge is -2.36. The van der Waals surface area contributed by atoms with E-state index in [1.54, 1.807) is 0 Å². The van der Waals surface area contributed by atoms with Crippen molar-refractivity contribution in [2.45, 2.75) is 25.5 Å². The maximum Gasteiger partial charge on any atom is 0.416 e. The number of benzene rings is 4. The van der Waals surface area contributed by atoms with Crippen LogP contribution in [0.25, 0.3) is 0 Å².